The van der Waals surface area contributed by atoms with E-state index in [-0.39, 0.29) is 17.6 Å². The van der Waals surface area contributed by atoms with Gasteiger partial charge in [-0.05, 0) is 48.7 Å². The van der Waals surface area contributed by atoms with Gasteiger partial charge in [0.25, 0.3) is 11.8 Å². The van der Waals surface area contributed by atoms with Crippen molar-refractivity contribution >= 4 is 39.1 Å². The fourth-order valence-electron chi connectivity index (χ4n) is 3.08. The molecule has 28 heavy (non-hydrogen) atoms. The Kier molecular flexibility index (Phi) is 4.99. The molecule has 6 nitrogen and oxygen atoms in total. The fraction of sp³-hybridized carbons (Fsp3) is 0.143. The monoisotopic (exact) mass is 393 g/mol. The second-order valence-corrected chi connectivity index (χ2v) is 7.47. The highest BCUT2D eigenvalue weighted by atomic mass is 32.1. The van der Waals surface area contributed by atoms with E-state index in [2.05, 4.69) is 21.7 Å². The van der Waals surface area contributed by atoms with E-state index in [4.69, 9.17) is 4.42 Å². The molecule has 7 heteroatoms. The molecule has 4 rings (SSSR count). The van der Waals surface area contributed by atoms with Crippen molar-refractivity contribution in [3.63, 3.8) is 0 Å². The van der Waals surface area contributed by atoms with Crippen LogP contribution in [-0.2, 0) is 6.42 Å². The highest BCUT2D eigenvalue weighted by Gasteiger charge is 2.16. The van der Waals surface area contributed by atoms with Gasteiger partial charge in [0.2, 0.25) is 0 Å². The normalized spacial score (nSPS) is 10.9. The van der Waals surface area contributed by atoms with Crippen molar-refractivity contribution in [2.45, 2.75) is 13.3 Å². The third-order valence-electron chi connectivity index (χ3n) is 4.46. The number of carbonyl (C=O) groups is 2. The molecular formula is C21H19N3O3S. The summed E-state index contributed by atoms with van der Waals surface area (Å²) in [5, 5.41) is 7.51. The summed E-state index contributed by atoms with van der Waals surface area (Å²) in [5.74, 6) is -0.242. The Morgan fingerprint density at radius 3 is 2.82 bits per heavy atom. The van der Waals surface area contributed by atoms with Crippen LogP contribution in [0.15, 0.2) is 59.3 Å². The Labute approximate surface area is 165 Å². The lowest BCUT2D eigenvalue weighted by atomic mass is 10.1. The van der Waals surface area contributed by atoms with Gasteiger partial charge in [-0.1, -0.05) is 18.2 Å². The molecule has 0 saturated heterocycles. The molecule has 4 aromatic rings. The zero-order valence-electron chi connectivity index (χ0n) is 15.2. The first-order chi connectivity index (χ1) is 13.6. The van der Waals surface area contributed by atoms with E-state index in [1.165, 1.54) is 28.5 Å². The summed E-state index contributed by atoms with van der Waals surface area (Å²) < 4.78 is 5.08. The number of hydrogen-bond acceptors (Lipinski definition) is 4. The Balaban J connectivity index is 1.37. The van der Waals surface area contributed by atoms with Gasteiger partial charge < -0.3 is 20.0 Å². The maximum atomic E-state index is 12.5. The molecular weight excluding hydrogens is 374 g/mol. The molecule has 0 fully saturated rings. The molecule has 3 heterocycles. The number of nitrogens with one attached hydrogen (secondary N) is 3. The van der Waals surface area contributed by atoms with Gasteiger partial charge in [-0.15, -0.1) is 11.3 Å². The summed E-state index contributed by atoms with van der Waals surface area (Å²) in [5.41, 5.74) is 3.09. The first kappa shape index (κ1) is 18.1. The molecule has 0 aliphatic rings. The van der Waals surface area contributed by atoms with Gasteiger partial charge in [0.1, 0.15) is 0 Å². The van der Waals surface area contributed by atoms with E-state index in [0.29, 0.717) is 16.4 Å². The predicted molar refractivity (Wildman–Crippen MR) is 110 cm³/mol. The van der Waals surface area contributed by atoms with Gasteiger partial charge >= 0.3 is 0 Å². The number of H-pyrrole nitrogens is 1. The van der Waals surface area contributed by atoms with Crippen LogP contribution in [-0.4, -0.2) is 23.3 Å². The van der Waals surface area contributed by atoms with Crippen molar-refractivity contribution in [3.8, 4) is 0 Å². The fourth-order valence-corrected chi connectivity index (χ4v) is 4.06. The van der Waals surface area contributed by atoms with Crippen LogP contribution in [0.3, 0.4) is 0 Å². The van der Waals surface area contributed by atoms with Crippen LogP contribution in [0.1, 0.15) is 31.4 Å². The van der Waals surface area contributed by atoms with Crippen LogP contribution in [0.25, 0.3) is 10.9 Å². The zero-order chi connectivity index (χ0) is 19.5. The smallest absolute Gasteiger partial charge is 0.291 e. The van der Waals surface area contributed by atoms with Crippen LogP contribution in [0, 0.1) is 6.92 Å². The van der Waals surface area contributed by atoms with Crippen molar-refractivity contribution in [3.05, 3.63) is 76.7 Å². The predicted octanol–water partition coefficient (Wildman–Crippen LogP) is 4.36. The van der Waals surface area contributed by atoms with E-state index < -0.39 is 0 Å². The minimum Gasteiger partial charge on any atom is -0.459 e. The van der Waals surface area contributed by atoms with Crippen LogP contribution in [0.5, 0.6) is 0 Å². The van der Waals surface area contributed by atoms with Gasteiger partial charge in [-0.3, -0.25) is 9.59 Å². The summed E-state index contributed by atoms with van der Waals surface area (Å²) >= 11 is 1.25. The van der Waals surface area contributed by atoms with E-state index in [0.717, 1.165) is 17.5 Å². The molecule has 0 radical (unpaired) electrons. The lowest BCUT2D eigenvalue weighted by Gasteiger charge is -2.04. The summed E-state index contributed by atoms with van der Waals surface area (Å²) in [4.78, 5) is 28.5. The maximum Gasteiger partial charge on any atom is 0.291 e. The summed E-state index contributed by atoms with van der Waals surface area (Å²) in [7, 11) is 0. The van der Waals surface area contributed by atoms with Crippen LogP contribution in [0.2, 0.25) is 0 Å². The number of hydrogen-bond donors (Lipinski definition) is 3. The number of benzene rings is 1. The minimum atomic E-state index is -0.336. The molecule has 0 saturated carbocycles. The van der Waals surface area contributed by atoms with E-state index in [1.54, 1.807) is 18.2 Å². The van der Waals surface area contributed by atoms with Gasteiger partial charge in [0, 0.05) is 23.6 Å². The SMILES string of the molecule is Cc1cc(NC(=O)c2ccco2)sc1C(=O)NCCc1c[nH]c2ccccc12. The number of anilines is 1. The molecule has 142 valence electrons. The average molecular weight is 393 g/mol. The number of aromatic amines is 1. The number of furan rings is 1. The van der Waals surface area contributed by atoms with Gasteiger partial charge in [-0.25, -0.2) is 0 Å². The van der Waals surface area contributed by atoms with Crippen molar-refractivity contribution in [1.29, 1.82) is 0 Å². The molecule has 3 N–H and O–H groups in total. The molecule has 0 spiro atoms. The van der Waals surface area contributed by atoms with Gasteiger partial charge in [0.05, 0.1) is 16.1 Å². The maximum absolute atomic E-state index is 12.5. The topological polar surface area (TPSA) is 87.1 Å². The van der Waals surface area contributed by atoms with Crippen molar-refractivity contribution in [2.24, 2.45) is 0 Å². The first-order valence-corrected chi connectivity index (χ1v) is 9.72. The summed E-state index contributed by atoms with van der Waals surface area (Å²) in [6.07, 6.45) is 4.17. The van der Waals surface area contributed by atoms with E-state index >= 15 is 0 Å². The molecule has 3 aromatic heterocycles. The Morgan fingerprint density at radius 1 is 1.14 bits per heavy atom. The molecule has 0 aliphatic heterocycles. The van der Waals surface area contributed by atoms with E-state index in [1.807, 2.05) is 31.3 Å². The first-order valence-electron chi connectivity index (χ1n) is 8.90. The molecule has 0 unspecified atom stereocenters. The number of para-hydroxylation sites is 1. The number of aromatic nitrogens is 1. The van der Waals surface area contributed by atoms with Gasteiger partial charge in [-0.2, -0.15) is 0 Å². The van der Waals surface area contributed by atoms with Crippen molar-refractivity contribution in [2.75, 3.05) is 11.9 Å². The second-order valence-electron chi connectivity index (χ2n) is 6.42. The van der Waals surface area contributed by atoms with Gasteiger partial charge in [0.15, 0.2) is 5.76 Å². The highest BCUT2D eigenvalue weighted by Crippen LogP contribution is 2.27. The zero-order valence-corrected chi connectivity index (χ0v) is 16.1. The summed E-state index contributed by atoms with van der Waals surface area (Å²) in [6.45, 7) is 2.39. The Bertz CT molecular complexity index is 1130. The number of aryl methyl sites for hydroxylation is 1. The van der Waals surface area contributed by atoms with Crippen LogP contribution in [0.4, 0.5) is 5.00 Å². The lowest BCUT2D eigenvalue weighted by Crippen LogP contribution is -2.25. The quantitative estimate of drug-likeness (QED) is 0.455. The molecule has 2 amide bonds. The number of fused-ring (bicyclic) bond motifs is 1. The van der Waals surface area contributed by atoms with Crippen LogP contribution < -0.4 is 10.6 Å². The molecule has 0 bridgehead atoms. The van der Waals surface area contributed by atoms with Crippen molar-refractivity contribution in [1.82, 2.24) is 10.3 Å². The van der Waals surface area contributed by atoms with Crippen molar-refractivity contribution < 1.29 is 14.0 Å². The largest absolute Gasteiger partial charge is 0.459 e. The third kappa shape index (κ3) is 3.70. The Morgan fingerprint density at radius 2 is 2.00 bits per heavy atom. The average Bonchev–Trinajstić information content (AvgIpc) is 3.42. The second kappa shape index (κ2) is 7.74. The number of amides is 2. The standard InChI is InChI=1S/C21H19N3O3S/c1-13-11-18(24-20(25)17-7-4-10-27-17)28-19(13)21(26)22-9-8-14-12-23-16-6-3-2-5-15(14)16/h2-7,10-12,23H,8-9H2,1H3,(H,22,26)(H,24,25). The highest BCUT2D eigenvalue weighted by molar-refractivity contribution is 7.18. The number of carbonyl (C=O) groups excluding carboxylic acids is 2. The summed E-state index contributed by atoms with van der Waals surface area (Å²) in [6, 6.07) is 13.1. The minimum absolute atomic E-state index is 0.138. The molecule has 0 aliphatic carbocycles. The van der Waals surface area contributed by atoms with Crippen LogP contribution >= 0.6 is 11.3 Å². The molecule has 0 atom stereocenters. The lowest BCUT2D eigenvalue weighted by molar-refractivity contribution is 0.0956. The third-order valence-corrected chi connectivity index (χ3v) is 5.61. The number of rotatable bonds is 6. The molecule has 1 aromatic carbocycles. The van der Waals surface area contributed by atoms with E-state index in [9.17, 15) is 9.59 Å². The Hall–Kier alpha value is -3.32. The number of thiophene rings is 1.